The van der Waals surface area contributed by atoms with E-state index in [1.165, 1.54) is 0 Å². The standard InChI is InChI=1S/C14H14ClN3O/c15-13-4-2-1-3-11(13)9-17-14(19)10-5-7-12(18-16)8-6-10/h1-8,18H,9,16H2,(H,17,19). The summed E-state index contributed by atoms with van der Waals surface area (Å²) >= 11 is 6.02. The van der Waals surface area contributed by atoms with Gasteiger partial charge in [-0.3, -0.25) is 10.6 Å². The second kappa shape index (κ2) is 6.22. The third-order valence-corrected chi connectivity index (χ3v) is 3.08. The molecule has 4 N–H and O–H groups in total. The Kier molecular flexibility index (Phi) is 4.39. The summed E-state index contributed by atoms with van der Waals surface area (Å²) < 4.78 is 0. The molecule has 0 saturated heterocycles. The van der Waals surface area contributed by atoms with Crippen LogP contribution in [-0.4, -0.2) is 5.91 Å². The molecule has 4 nitrogen and oxygen atoms in total. The zero-order valence-corrected chi connectivity index (χ0v) is 10.9. The topological polar surface area (TPSA) is 67.1 Å². The molecule has 0 spiro atoms. The van der Waals surface area contributed by atoms with Gasteiger partial charge in [-0.1, -0.05) is 29.8 Å². The van der Waals surface area contributed by atoms with E-state index in [-0.39, 0.29) is 5.91 Å². The SMILES string of the molecule is NNc1ccc(C(=O)NCc2ccccc2Cl)cc1. The van der Waals surface area contributed by atoms with Crippen LogP contribution in [0.15, 0.2) is 48.5 Å². The van der Waals surface area contributed by atoms with Gasteiger partial charge in [0, 0.05) is 22.8 Å². The lowest BCUT2D eigenvalue weighted by Gasteiger charge is -2.07. The molecule has 0 aliphatic heterocycles. The molecule has 0 atom stereocenters. The van der Waals surface area contributed by atoms with E-state index in [1.807, 2.05) is 18.2 Å². The molecule has 0 aromatic heterocycles. The monoisotopic (exact) mass is 275 g/mol. The van der Waals surface area contributed by atoms with Gasteiger partial charge < -0.3 is 10.7 Å². The quantitative estimate of drug-likeness (QED) is 0.593. The highest BCUT2D eigenvalue weighted by Crippen LogP contribution is 2.14. The molecule has 0 aliphatic rings. The van der Waals surface area contributed by atoms with Crippen molar-refractivity contribution in [3.8, 4) is 0 Å². The molecule has 2 aromatic rings. The van der Waals surface area contributed by atoms with Crippen LogP contribution in [0.3, 0.4) is 0 Å². The Bertz CT molecular complexity index is 569. The number of hydrogen-bond donors (Lipinski definition) is 3. The average molecular weight is 276 g/mol. The number of benzene rings is 2. The Balaban J connectivity index is 1.99. The number of nitrogens with two attached hydrogens (primary N) is 1. The third-order valence-electron chi connectivity index (χ3n) is 2.71. The van der Waals surface area contributed by atoms with Crippen molar-refractivity contribution in [2.24, 2.45) is 5.84 Å². The van der Waals surface area contributed by atoms with E-state index in [1.54, 1.807) is 30.3 Å². The van der Waals surface area contributed by atoms with Gasteiger partial charge in [-0.15, -0.1) is 0 Å². The van der Waals surface area contributed by atoms with Crippen LogP contribution in [0.5, 0.6) is 0 Å². The molecule has 0 aliphatic carbocycles. The smallest absolute Gasteiger partial charge is 0.251 e. The highest BCUT2D eigenvalue weighted by molar-refractivity contribution is 6.31. The van der Waals surface area contributed by atoms with Crippen LogP contribution in [-0.2, 0) is 6.54 Å². The van der Waals surface area contributed by atoms with E-state index in [0.717, 1.165) is 11.3 Å². The summed E-state index contributed by atoms with van der Waals surface area (Å²) in [5.74, 6) is 5.11. The fraction of sp³-hybridized carbons (Fsp3) is 0.0714. The Hall–Kier alpha value is -2.04. The fourth-order valence-corrected chi connectivity index (χ4v) is 1.84. The van der Waals surface area contributed by atoms with Gasteiger partial charge in [0.25, 0.3) is 5.91 Å². The number of hydrogen-bond acceptors (Lipinski definition) is 3. The summed E-state index contributed by atoms with van der Waals surface area (Å²) in [6.45, 7) is 0.398. The zero-order chi connectivity index (χ0) is 13.7. The van der Waals surface area contributed by atoms with Gasteiger partial charge in [0.2, 0.25) is 0 Å². The van der Waals surface area contributed by atoms with Gasteiger partial charge >= 0.3 is 0 Å². The number of carbonyl (C=O) groups is 1. The van der Waals surface area contributed by atoms with Gasteiger partial charge in [0.05, 0.1) is 0 Å². The molecule has 0 unspecified atom stereocenters. The molecule has 0 heterocycles. The van der Waals surface area contributed by atoms with E-state index in [2.05, 4.69) is 10.7 Å². The Morgan fingerprint density at radius 3 is 2.42 bits per heavy atom. The van der Waals surface area contributed by atoms with Crippen LogP contribution in [0.25, 0.3) is 0 Å². The van der Waals surface area contributed by atoms with Crippen molar-refractivity contribution in [1.82, 2.24) is 5.32 Å². The first kappa shape index (κ1) is 13.4. The summed E-state index contributed by atoms with van der Waals surface area (Å²) in [7, 11) is 0. The van der Waals surface area contributed by atoms with E-state index in [4.69, 9.17) is 17.4 Å². The lowest BCUT2D eigenvalue weighted by Crippen LogP contribution is -2.22. The number of amides is 1. The van der Waals surface area contributed by atoms with E-state index >= 15 is 0 Å². The van der Waals surface area contributed by atoms with Crippen LogP contribution >= 0.6 is 11.6 Å². The van der Waals surface area contributed by atoms with E-state index in [9.17, 15) is 4.79 Å². The highest BCUT2D eigenvalue weighted by atomic mass is 35.5. The van der Waals surface area contributed by atoms with Crippen LogP contribution in [0.4, 0.5) is 5.69 Å². The predicted octanol–water partition coefficient (Wildman–Crippen LogP) is 2.56. The molecular weight excluding hydrogens is 262 g/mol. The molecule has 0 fully saturated rings. The van der Waals surface area contributed by atoms with Crippen molar-refractivity contribution in [2.75, 3.05) is 5.43 Å². The third kappa shape index (κ3) is 3.47. The summed E-state index contributed by atoms with van der Waals surface area (Å²) in [6, 6.07) is 14.3. The summed E-state index contributed by atoms with van der Waals surface area (Å²) in [5.41, 5.74) is 4.72. The predicted molar refractivity (Wildman–Crippen MR) is 76.9 cm³/mol. The number of hydrazine groups is 1. The summed E-state index contributed by atoms with van der Waals surface area (Å²) in [4.78, 5) is 11.9. The minimum Gasteiger partial charge on any atom is -0.348 e. The number of nitrogens with one attached hydrogen (secondary N) is 2. The molecular formula is C14H14ClN3O. The van der Waals surface area contributed by atoms with Crippen LogP contribution in [0, 0.1) is 0 Å². The Labute approximate surface area is 116 Å². The second-order valence-corrected chi connectivity index (χ2v) is 4.40. The number of rotatable bonds is 4. The van der Waals surface area contributed by atoms with E-state index in [0.29, 0.717) is 17.1 Å². The van der Waals surface area contributed by atoms with E-state index < -0.39 is 0 Å². The normalized spacial score (nSPS) is 10.0. The lowest BCUT2D eigenvalue weighted by molar-refractivity contribution is 0.0951. The van der Waals surface area contributed by atoms with Crippen LogP contribution < -0.4 is 16.6 Å². The molecule has 0 saturated carbocycles. The minimum atomic E-state index is -0.150. The van der Waals surface area contributed by atoms with Crippen molar-refractivity contribution in [1.29, 1.82) is 0 Å². The van der Waals surface area contributed by atoms with Gasteiger partial charge in [0.15, 0.2) is 0 Å². The van der Waals surface area contributed by atoms with Crippen molar-refractivity contribution < 1.29 is 4.79 Å². The first-order valence-corrected chi connectivity index (χ1v) is 6.17. The maximum atomic E-state index is 11.9. The molecule has 1 amide bonds. The second-order valence-electron chi connectivity index (χ2n) is 4.00. The fourth-order valence-electron chi connectivity index (χ4n) is 1.64. The van der Waals surface area contributed by atoms with Crippen molar-refractivity contribution in [3.63, 3.8) is 0 Å². The molecule has 2 rings (SSSR count). The van der Waals surface area contributed by atoms with Crippen molar-refractivity contribution in [2.45, 2.75) is 6.54 Å². The van der Waals surface area contributed by atoms with Crippen molar-refractivity contribution in [3.05, 3.63) is 64.7 Å². The molecule has 0 bridgehead atoms. The molecule has 5 heteroatoms. The Morgan fingerprint density at radius 1 is 1.11 bits per heavy atom. The molecule has 0 radical (unpaired) electrons. The minimum absolute atomic E-state index is 0.150. The number of halogens is 1. The highest BCUT2D eigenvalue weighted by Gasteiger charge is 2.06. The molecule has 19 heavy (non-hydrogen) atoms. The van der Waals surface area contributed by atoms with Gasteiger partial charge in [-0.25, -0.2) is 0 Å². The summed E-state index contributed by atoms with van der Waals surface area (Å²) in [6.07, 6.45) is 0. The molecule has 2 aromatic carbocycles. The average Bonchev–Trinajstić information content (AvgIpc) is 2.46. The first-order chi connectivity index (χ1) is 9.20. The van der Waals surface area contributed by atoms with Gasteiger partial charge in [-0.05, 0) is 35.9 Å². The maximum Gasteiger partial charge on any atom is 0.251 e. The van der Waals surface area contributed by atoms with Gasteiger partial charge in [0.1, 0.15) is 0 Å². The number of carbonyl (C=O) groups excluding carboxylic acids is 1. The van der Waals surface area contributed by atoms with Crippen LogP contribution in [0.2, 0.25) is 5.02 Å². The van der Waals surface area contributed by atoms with Crippen LogP contribution in [0.1, 0.15) is 15.9 Å². The Morgan fingerprint density at radius 2 is 1.79 bits per heavy atom. The zero-order valence-electron chi connectivity index (χ0n) is 10.2. The lowest BCUT2D eigenvalue weighted by atomic mass is 10.2. The summed E-state index contributed by atoms with van der Waals surface area (Å²) in [5, 5.41) is 3.46. The number of nitrogen functional groups attached to an aromatic ring is 1. The largest absolute Gasteiger partial charge is 0.348 e. The van der Waals surface area contributed by atoms with Crippen molar-refractivity contribution >= 4 is 23.2 Å². The molecule has 98 valence electrons. The number of anilines is 1. The maximum absolute atomic E-state index is 11.9. The van der Waals surface area contributed by atoms with Gasteiger partial charge in [-0.2, -0.15) is 0 Å². The first-order valence-electron chi connectivity index (χ1n) is 5.79.